The van der Waals surface area contributed by atoms with E-state index < -0.39 is 9.84 Å². The molecule has 5 nitrogen and oxygen atoms in total. The summed E-state index contributed by atoms with van der Waals surface area (Å²) in [7, 11) is -2.91. The summed E-state index contributed by atoms with van der Waals surface area (Å²) in [6, 6.07) is 3.14. The highest BCUT2D eigenvalue weighted by Crippen LogP contribution is 2.33. The Morgan fingerprint density at radius 2 is 2.07 bits per heavy atom. The largest absolute Gasteiger partial charge is 0.494 e. The van der Waals surface area contributed by atoms with Gasteiger partial charge in [0.05, 0.1) is 30.4 Å². The van der Waals surface area contributed by atoms with E-state index in [1.165, 1.54) is 12.3 Å². The number of rotatable bonds is 8. The molecule has 2 aliphatic carbocycles. The number of hydrogen-bond acceptors (Lipinski definition) is 5. The van der Waals surface area contributed by atoms with Crippen LogP contribution in [-0.2, 0) is 19.3 Å². The SMILES string of the molecule is O=S(=O)(CCC1CCOCC1COC1=CCC(c2ccc(F)cn2)C=C1)C1CC1. The average Bonchev–Trinajstić information content (AvgIpc) is 3.59. The Morgan fingerprint density at radius 3 is 2.76 bits per heavy atom. The highest BCUT2D eigenvalue weighted by atomic mass is 32.2. The summed E-state index contributed by atoms with van der Waals surface area (Å²) >= 11 is 0. The van der Waals surface area contributed by atoms with Gasteiger partial charge in [-0.25, -0.2) is 12.8 Å². The van der Waals surface area contributed by atoms with Gasteiger partial charge in [-0.1, -0.05) is 6.08 Å². The third-order valence-corrected chi connectivity index (χ3v) is 8.39. The van der Waals surface area contributed by atoms with Crippen molar-refractivity contribution in [3.63, 3.8) is 0 Å². The zero-order valence-corrected chi connectivity index (χ0v) is 17.3. The smallest absolute Gasteiger partial charge is 0.153 e. The summed E-state index contributed by atoms with van der Waals surface area (Å²) in [5.74, 6) is 1.43. The van der Waals surface area contributed by atoms with E-state index in [9.17, 15) is 12.8 Å². The maximum absolute atomic E-state index is 13.0. The molecule has 1 aliphatic heterocycles. The molecule has 3 unspecified atom stereocenters. The quantitative estimate of drug-likeness (QED) is 0.639. The van der Waals surface area contributed by atoms with Gasteiger partial charge in [-0.05, 0) is 62.3 Å². The summed E-state index contributed by atoms with van der Waals surface area (Å²) in [4.78, 5) is 4.15. The van der Waals surface area contributed by atoms with Crippen molar-refractivity contribution in [2.45, 2.75) is 43.3 Å². The van der Waals surface area contributed by atoms with E-state index in [-0.39, 0.29) is 28.7 Å². The van der Waals surface area contributed by atoms with Gasteiger partial charge in [0.25, 0.3) is 0 Å². The van der Waals surface area contributed by atoms with Crippen molar-refractivity contribution in [2.75, 3.05) is 25.6 Å². The van der Waals surface area contributed by atoms with Gasteiger partial charge in [-0.3, -0.25) is 4.98 Å². The van der Waals surface area contributed by atoms with Crippen molar-refractivity contribution in [2.24, 2.45) is 11.8 Å². The molecule has 158 valence electrons. The number of hydrogen-bond donors (Lipinski definition) is 0. The van der Waals surface area contributed by atoms with Gasteiger partial charge < -0.3 is 9.47 Å². The molecule has 1 aromatic heterocycles. The predicted molar refractivity (Wildman–Crippen MR) is 109 cm³/mol. The first-order valence-corrected chi connectivity index (χ1v) is 12.1. The Morgan fingerprint density at radius 1 is 1.21 bits per heavy atom. The van der Waals surface area contributed by atoms with Gasteiger partial charge in [0.15, 0.2) is 9.84 Å². The molecule has 0 aromatic carbocycles. The monoisotopic (exact) mass is 421 g/mol. The van der Waals surface area contributed by atoms with Crippen molar-refractivity contribution in [3.05, 3.63) is 53.8 Å². The summed E-state index contributed by atoms with van der Waals surface area (Å²) in [6.45, 7) is 1.84. The lowest BCUT2D eigenvalue weighted by atomic mass is 9.87. The molecular weight excluding hydrogens is 393 g/mol. The predicted octanol–water partition coefficient (Wildman–Crippen LogP) is 3.78. The van der Waals surface area contributed by atoms with E-state index in [4.69, 9.17) is 9.47 Å². The molecule has 4 rings (SSSR count). The molecule has 3 atom stereocenters. The maximum Gasteiger partial charge on any atom is 0.153 e. The van der Waals surface area contributed by atoms with E-state index >= 15 is 0 Å². The second kappa shape index (κ2) is 8.96. The first-order valence-electron chi connectivity index (χ1n) is 10.4. The molecule has 1 saturated heterocycles. The van der Waals surface area contributed by atoms with Crippen LogP contribution in [0.5, 0.6) is 0 Å². The highest BCUT2D eigenvalue weighted by molar-refractivity contribution is 7.92. The maximum atomic E-state index is 13.0. The van der Waals surface area contributed by atoms with Gasteiger partial charge in [-0.15, -0.1) is 0 Å². The molecule has 29 heavy (non-hydrogen) atoms. The van der Waals surface area contributed by atoms with Crippen LogP contribution in [0, 0.1) is 17.7 Å². The summed E-state index contributed by atoms with van der Waals surface area (Å²) in [5.41, 5.74) is 0.843. The van der Waals surface area contributed by atoms with Crippen LogP contribution in [0.1, 0.15) is 43.7 Å². The van der Waals surface area contributed by atoms with Crippen molar-refractivity contribution in [1.29, 1.82) is 0 Å². The Hall–Kier alpha value is -1.73. The zero-order chi connectivity index (χ0) is 20.3. The lowest BCUT2D eigenvalue weighted by Gasteiger charge is -2.31. The van der Waals surface area contributed by atoms with Crippen LogP contribution in [0.25, 0.3) is 0 Å². The number of allylic oxidation sites excluding steroid dienone is 3. The van der Waals surface area contributed by atoms with E-state index in [2.05, 4.69) is 4.98 Å². The third kappa shape index (κ3) is 5.45. The topological polar surface area (TPSA) is 65.5 Å². The third-order valence-electron chi connectivity index (χ3n) is 6.10. The molecule has 0 amide bonds. The average molecular weight is 422 g/mol. The Labute approximate surface area is 171 Å². The molecular formula is C22H28FNO4S. The molecule has 0 radical (unpaired) electrons. The number of ether oxygens (including phenoxy) is 2. The summed E-state index contributed by atoms with van der Waals surface area (Å²) < 4.78 is 49.1. The molecule has 2 heterocycles. The normalized spacial score (nSPS) is 27.5. The van der Waals surface area contributed by atoms with Crippen LogP contribution in [0.3, 0.4) is 0 Å². The standard InChI is InChI=1S/C22H28FNO4S/c23-19-3-8-22(24-13-19)17-1-4-20(5-2-17)28-15-18-14-27-11-9-16(18)10-12-29(25,26)21-6-7-21/h1,3-5,8,13,16-18,21H,2,6-7,9-12,14-15H2. The summed E-state index contributed by atoms with van der Waals surface area (Å²) in [6.07, 6.45) is 11.3. The lowest BCUT2D eigenvalue weighted by Crippen LogP contribution is -2.32. The van der Waals surface area contributed by atoms with E-state index in [1.807, 2.05) is 18.2 Å². The first-order chi connectivity index (χ1) is 14.0. The van der Waals surface area contributed by atoms with Crippen LogP contribution in [0.4, 0.5) is 4.39 Å². The minimum Gasteiger partial charge on any atom is -0.494 e. The molecule has 0 N–H and O–H groups in total. The van der Waals surface area contributed by atoms with E-state index in [1.54, 1.807) is 6.07 Å². The fraction of sp³-hybridized carbons (Fsp3) is 0.591. The minimum atomic E-state index is -2.91. The number of nitrogens with zero attached hydrogens (tertiary/aromatic N) is 1. The fourth-order valence-electron chi connectivity index (χ4n) is 4.05. The molecule has 0 spiro atoms. The fourth-order valence-corrected chi connectivity index (χ4v) is 5.87. The second-order valence-corrected chi connectivity index (χ2v) is 10.7. The van der Waals surface area contributed by atoms with Gasteiger partial charge in [0, 0.05) is 24.1 Å². The van der Waals surface area contributed by atoms with Crippen LogP contribution in [0.15, 0.2) is 42.3 Å². The molecule has 0 bridgehead atoms. The van der Waals surface area contributed by atoms with Gasteiger partial charge in [-0.2, -0.15) is 0 Å². The number of aromatic nitrogens is 1. The van der Waals surface area contributed by atoms with Crippen LogP contribution in [0.2, 0.25) is 0 Å². The highest BCUT2D eigenvalue weighted by Gasteiger charge is 2.36. The number of halogens is 1. The van der Waals surface area contributed by atoms with Crippen LogP contribution in [-0.4, -0.2) is 44.2 Å². The van der Waals surface area contributed by atoms with Crippen molar-refractivity contribution >= 4 is 9.84 Å². The minimum absolute atomic E-state index is 0.0851. The van der Waals surface area contributed by atoms with Crippen molar-refractivity contribution < 1.29 is 22.3 Å². The molecule has 1 saturated carbocycles. The summed E-state index contributed by atoms with van der Waals surface area (Å²) in [5, 5.41) is -0.0851. The molecule has 1 aromatic rings. The zero-order valence-electron chi connectivity index (χ0n) is 16.5. The Bertz CT molecular complexity index is 861. The van der Waals surface area contributed by atoms with Gasteiger partial charge in [0.2, 0.25) is 0 Å². The van der Waals surface area contributed by atoms with Crippen LogP contribution >= 0.6 is 0 Å². The first kappa shape index (κ1) is 20.5. The number of pyridine rings is 1. The molecule has 3 aliphatic rings. The number of sulfone groups is 1. The van der Waals surface area contributed by atoms with Crippen LogP contribution < -0.4 is 0 Å². The molecule has 2 fully saturated rings. The second-order valence-electron chi connectivity index (χ2n) is 8.26. The Kier molecular flexibility index (Phi) is 6.35. The van der Waals surface area contributed by atoms with Gasteiger partial charge >= 0.3 is 0 Å². The lowest BCUT2D eigenvalue weighted by molar-refractivity contribution is -0.0136. The Balaban J connectivity index is 1.27. The van der Waals surface area contributed by atoms with Gasteiger partial charge in [0.1, 0.15) is 11.6 Å². The van der Waals surface area contributed by atoms with Crippen molar-refractivity contribution in [1.82, 2.24) is 4.98 Å². The molecule has 7 heteroatoms. The van der Waals surface area contributed by atoms with E-state index in [0.29, 0.717) is 32.2 Å². The van der Waals surface area contributed by atoms with Crippen molar-refractivity contribution in [3.8, 4) is 0 Å². The van der Waals surface area contributed by atoms with E-state index in [0.717, 1.165) is 37.1 Å².